The van der Waals surface area contributed by atoms with E-state index in [4.69, 9.17) is 17.3 Å². The van der Waals surface area contributed by atoms with E-state index in [1.807, 2.05) is 0 Å². The molecule has 66 valence electrons. The topological polar surface area (TPSA) is 82.5 Å². The maximum absolute atomic E-state index is 5.85. The zero-order valence-electron chi connectivity index (χ0n) is 6.42. The highest BCUT2D eigenvalue weighted by molar-refractivity contribution is 6.34. The van der Waals surface area contributed by atoms with Gasteiger partial charge in [0, 0.05) is 0 Å². The molecule has 0 saturated carbocycles. The second kappa shape index (κ2) is 2.98. The Bertz CT molecular complexity index is 411. The summed E-state index contributed by atoms with van der Waals surface area (Å²) in [5, 5.41) is 4.14. The Morgan fingerprint density at radius 3 is 2.85 bits per heavy atom. The molecule has 2 heterocycles. The van der Waals surface area contributed by atoms with Crippen LogP contribution in [0.2, 0.25) is 5.02 Å². The number of nitrogens with two attached hydrogens (primary N) is 1. The Balaban J connectivity index is 2.59. The fourth-order valence-corrected chi connectivity index (χ4v) is 1.04. The Morgan fingerprint density at radius 2 is 2.15 bits per heavy atom. The molecule has 2 aromatic heterocycles. The summed E-state index contributed by atoms with van der Waals surface area (Å²) in [6, 6.07) is 0. The van der Waals surface area contributed by atoms with Crippen LogP contribution < -0.4 is 5.73 Å². The van der Waals surface area contributed by atoms with Crippen LogP contribution in [0.3, 0.4) is 0 Å². The average Bonchev–Trinajstić information content (AvgIpc) is 2.62. The van der Waals surface area contributed by atoms with Gasteiger partial charge in [-0.3, -0.25) is 0 Å². The molecule has 2 aromatic rings. The number of hydrogen-bond donors (Lipinski definition) is 1. The first-order valence-corrected chi connectivity index (χ1v) is 3.78. The van der Waals surface area contributed by atoms with Crippen LogP contribution in [0.15, 0.2) is 19.0 Å². The van der Waals surface area contributed by atoms with Gasteiger partial charge in [-0.1, -0.05) is 11.6 Å². The molecule has 13 heavy (non-hydrogen) atoms. The van der Waals surface area contributed by atoms with Crippen LogP contribution in [0.25, 0.3) is 5.82 Å². The molecule has 0 unspecified atom stereocenters. The summed E-state index contributed by atoms with van der Waals surface area (Å²) in [4.78, 5) is 11.4. The molecule has 6 nitrogen and oxygen atoms in total. The van der Waals surface area contributed by atoms with Gasteiger partial charge in [0.15, 0.2) is 5.82 Å². The third-order valence-electron chi connectivity index (χ3n) is 1.43. The van der Waals surface area contributed by atoms with Crippen molar-refractivity contribution >= 4 is 17.4 Å². The third kappa shape index (κ3) is 1.31. The van der Waals surface area contributed by atoms with Crippen molar-refractivity contribution in [3.05, 3.63) is 24.0 Å². The molecule has 0 radical (unpaired) electrons. The molecule has 0 aliphatic heterocycles. The number of nitrogens with zero attached hydrogens (tertiary/aromatic N) is 5. The fourth-order valence-electron chi connectivity index (χ4n) is 0.851. The van der Waals surface area contributed by atoms with Gasteiger partial charge in [-0.25, -0.2) is 19.6 Å². The van der Waals surface area contributed by atoms with Crippen LogP contribution in [-0.2, 0) is 0 Å². The summed E-state index contributed by atoms with van der Waals surface area (Å²) in [5.41, 5.74) is 5.48. The third-order valence-corrected chi connectivity index (χ3v) is 1.80. The number of halogens is 1. The molecular weight excluding hydrogens is 192 g/mol. The van der Waals surface area contributed by atoms with Crippen molar-refractivity contribution in [2.75, 3.05) is 5.73 Å². The van der Waals surface area contributed by atoms with Gasteiger partial charge in [0.1, 0.15) is 29.8 Å². The lowest BCUT2D eigenvalue weighted by Crippen LogP contribution is -2.02. The van der Waals surface area contributed by atoms with Gasteiger partial charge in [0.25, 0.3) is 0 Å². The largest absolute Gasteiger partial charge is 0.382 e. The molecule has 2 N–H and O–H groups in total. The maximum Gasteiger partial charge on any atom is 0.179 e. The van der Waals surface area contributed by atoms with Crippen LogP contribution >= 0.6 is 11.6 Å². The van der Waals surface area contributed by atoms with E-state index in [9.17, 15) is 0 Å². The summed E-state index contributed by atoms with van der Waals surface area (Å²) in [6.45, 7) is 0. The molecule has 0 spiro atoms. The minimum Gasteiger partial charge on any atom is -0.382 e. The monoisotopic (exact) mass is 196 g/mol. The molecule has 0 aliphatic rings. The number of nitrogen functional groups attached to an aromatic ring is 1. The molecule has 0 aromatic carbocycles. The van der Waals surface area contributed by atoms with Gasteiger partial charge in [-0.15, -0.1) is 0 Å². The van der Waals surface area contributed by atoms with Crippen LogP contribution in [-0.4, -0.2) is 24.7 Å². The minimum absolute atomic E-state index is 0.224. The summed E-state index contributed by atoms with van der Waals surface area (Å²) in [6.07, 6.45) is 4.18. The fraction of sp³-hybridized carbons (Fsp3) is 0. The quantitative estimate of drug-likeness (QED) is 0.709. The summed E-state index contributed by atoms with van der Waals surface area (Å²) < 4.78 is 1.42. The highest BCUT2D eigenvalue weighted by atomic mass is 35.5. The zero-order valence-corrected chi connectivity index (χ0v) is 7.18. The predicted octanol–water partition coefficient (Wildman–Crippen LogP) is 0.293. The van der Waals surface area contributed by atoms with Crippen molar-refractivity contribution < 1.29 is 0 Å². The highest BCUT2D eigenvalue weighted by Gasteiger charge is 2.08. The van der Waals surface area contributed by atoms with Crippen molar-refractivity contribution in [2.45, 2.75) is 0 Å². The highest BCUT2D eigenvalue weighted by Crippen LogP contribution is 2.20. The minimum atomic E-state index is 0.224. The van der Waals surface area contributed by atoms with Gasteiger partial charge >= 0.3 is 0 Å². The second-order valence-electron chi connectivity index (χ2n) is 2.24. The summed E-state index contributed by atoms with van der Waals surface area (Å²) in [5.74, 6) is 0.647. The van der Waals surface area contributed by atoms with Crippen molar-refractivity contribution in [1.29, 1.82) is 0 Å². The average molecular weight is 197 g/mol. The first kappa shape index (κ1) is 7.93. The summed E-state index contributed by atoms with van der Waals surface area (Å²) in [7, 11) is 0. The van der Waals surface area contributed by atoms with E-state index in [2.05, 4.69) is 20.1 Å². The van der Waals surface area contributed by atoms with E-state index < -0.39 is 0 Å². The van der Waals surface area contributed by atoms with E-state index in [1.54, 1.807) is 0 Å². The summed E-state index contributed by atoms with van der Waals surface area (Å²) >= 11 is 5.85. The van der Waals surface area contributed by atoms with Crippen molar-refractivity contribution in [1.82, 2.24) is 24.7 Å². The van der Waals surface area contributed by atoms with Crippen molar-refractivity contribution in [3.8, 4) is 5.82 Å². The molecule has 0 saturated heterocycles. The van der Waals surface area contributed by atoms with Crippen LogP contribution in [0, 0.1) is 0 Å². The first-order valence-electron chi connectivity index (χ1n) is 3.40. The van der Waals surface area contributed by atoms with E-state index in [-0.39, 0.29) is 10.8 Å². The molecule has 0 bridgehead atoms. The van der Waals surface area contributed by atoms with E-state index >= 15 is 0 Å². The lowest BCUT2D eigenvalue weighted by Gasteiger charge is -2.02. The van der Waals surface area contributed by atoms with E-state index in [1.165, 1.54) is 23.7 Å². The number of hydrogen-bond acceptors (Lipinski definition) is 5. The van der Waals surface area contributed by atoms with Crippen LogP contribution in [0.1, 0.15) is 0 Å². The first-order chi connectivity index (χ1) is 6.29. The second-order valence-corrected chi connectivity index (χ2v) is 2.61. The van der Waals surface area contributed by atoms with Gasteiger partial charge in [0.05, 0.1) is 0 Å². The predicted molar refractivity (Wildman–Crippen MR) is 46.4 cm³/mol. The molecule has 0 fully saturated rings. The smallest absolute Gasteiger partial charge is 0.179 e. The van der Waals surface area contributed by atoms with Gasteiger partial charge < -0.3 is 5.73 Å². The molecule has 0 aliphatic carbocycles. The Labute approximate surface area is 78.4 Å². The van der Waals surface area contributed by atoms with E-state index in [0.717, 1.165) is 0 Å². The number of aromatic nitrogens is 5. The van der Waals surface area contributed by atoms with Crippen LogP contribution in [0.5, 0.6) is 0 Å². The maximum atomic E-state index is 5.85. The molecule has 0 atom stereocenters. The lowest BCUT2D eigenvalue weighted by molar-refractivity contribution is 0.839. The SMILES string of the molecule is Nc1ncnc(-n2cncn2)c1Cl. The molecule has 0 amide bonds. The Kier molecular flexibility index (Phi) is 1.82. The van der Waals surface area contributed by atoms with Gasteiger partial charge in [-0.2, -0.15) is 5.10 Å². The number of anilines is 1. The van der Waals surface area contributed by atoms with Crippen LogP contribution in [0.4, 0.5) is 5.82 Å². The normalized spacial score (nSPS) is 10.2. The van der Waals surface area contributed by atoms with Gasteiger partial charge in [0.2, 0.25) is 0 Å². The number of rotatable bonds is 1. The Hall–Kier alpha value is -1.69. The van der Waals surface area contributed by atoms with Gasteiger partial charge in [-0.05, 0) is 0 Å². The Morgan fingerprint density at radius 1 is 1.31 bits per heavy atom. The zero-order chi connectivity index (χ0) is 9.26. The standard InChI is InChI=1S/C6H5ClN6/c7-4-5(8)10-2-11-6(4)13-3-9-1-12-13/h1-3H,(H2,8,10,11). The molecule has 2 rings (SSSR count). The molecule has 7 heteroatoms. The van der Waals surface area contributed by atoms with E-state index in [0.29, 0.717) is 5.82 Å². The molecular formula is C6H5ClN6. The lowest BCUT2D eigenvalue weighted by atomic mass is 10.5. The van der Waals surface area contributed by atoms with Crippen molar-refractivity contribution in [2.24, 2.45) is 0 Å². The van der Waals surface area contributed by atoms with Crippen molar-refractivity contribution in [3.63, 3.8) is 0 Å².